The second kappa shape index (κ2) is 4.68. The molecule has 0 saturated heterocycles. The lowest BCUT2D eigenvalue weighted by molar-refractivity contribution is 0.151. The Morgan fingerprint density at radius 1 is 1.38 bits per heavy atom. The van der Waals surface area contributed by atoms with Gasteiger partial charge >= 0.3 is 0 Å². The normalized spacial score (nSPS) is 12.7. The maximum absolute atomic E-state index is 9.99. The van der Waals surface area contributed by atoms with Crippen molar-refractivity contribution in [3.8, 4) is 0 Å². The predicted octanol–water partition coefficient (Wildman–Crippen LogP) is 2.58. The zero-order chi connectivity index (χ0) is 11.5. The number of aryl methyl sites for hydroxylation is 1. The van der Waals surface area contributed by atoms with Crippen molar-refractivity contribution in [1.29, 1.82) is 0 Å². The summed E-state index contributed by atoms with van der Waals surface area (Å²) in [5.74, 6) is 0. The first-order valence-electron chi connectivity index (χ1n) is 5.10. The lowest BCUT2D eigenvalue weighted by Gasteiger charge is -2.11. The van der Waals surface area contributed by atoms with Crippen LogP contribution in [0.5, 0.6) is 0 Å². The standard InChI is InChI=1S/C12H13ClN2O/c1-9-7-12(13)15(14-9)8-11(16)10-5-3-2-4-6-10/h2-7,11,16H,8H2,1H3. The molecule has 0 amide bonds. The van der Waals surface area contributed by atoms with Crippen molar-refractivity contribution >= 4 is 11.6 Å². The van der Waals surface area contributed by atoms with Crippen LogP contribution >= 0.6 is 11.6 Å². The van der Waals surface area contributed by atoms with Gasteiger partial charge in [0.1, 0.15) is 5.15 Å². The van der Waals surface area contributed by atoms with Gasteiger partial charge in [-0.3, -0.25) is 4.68 Å². The van der Waals surface area contributed by atoms with E-state index in [9.17, 15) is 5.11 Å². The molecule has 0 radical (unpaired) electrons. The summed E-state index contributed by atoms with van der Waals surface area (Å²) in [4.78, 5) is 0. The number of aliphatic hydroxyl groups excluding tert-OH is 1. The third kappa shape index (κ3) is 2.43. The molecule has 0 aliphatic carbocycles. The molecule has 2 rings (SSSR count). The third-order valence-electron chi connectivity index (χ3n) is 2.38. The van der Waals surface area contributed by atoms with Crippen LogP contribution in [0.25, 0.3) is 0 Å². The van der Waals surface area contributed by atoms with Gasteiger partial charge in [0.15, 0.2) is 0 Å². The van der Waals surface area contributed by atoms with Gasteiger partial charge in [-0.15, -0.1) is 0 Å². The molecule has 3 nitrogen and oxygen atoms in total. The summed E-state index contributed by atoms with van der Waals surface area (Å²) >= 11 is 5.97. The van der Waals surface area contributed by atoms with E-state index in [1.165, 1.54) is 0 Å². The molecule has 0 spiro atoms. The van der Waals surface area contributed by atoms with Gasteiger partial charge in [0.25, 0.3) is 0 Å². The molecule has 0 aliphatic rings. The average Bonchev–Trinajstić information content (AvgIpc) is 2.59. The summed E-state index contributed by atoms with van der Waals surface area (Å²) in [6, 6.07) is 11.3. The van der Waals surface area contributed by atoms with Crippen LogP contribution in [0.2, 0.25) is 5.15 Å². The molecule has 1 atom stereocenters. The molecule has 0 aliphatic heterocycles. The van der Waals surface area contributed by atoms with E-state index in [1.54, 1.807) is 10.7 Å². The molecule has 16 heavy (non-hydrogen) atoms. The van der Waals surface area contributed by atoms with Gasteiger partial charge in [-0.1, -0.05) is 41.9 Å². The van der Waals surface area contributed by atoms with E-state index in [0.29, 0.717) is 11.7 Å². The monoisotopic (exact) mass is 236 g/mol. The van der Waals surface area contributed by atoms with Crippen LogP contribution in [0, 0.1) is 6.92 Å². The average molecular weight is 237 g/mol. The first-order valence-corrected chi connectivity index (χ1v) is 5.47. The first-order chi connectivity index (χ1) is 7.66. The fourth-order valence-corrected chi connectivity index (χ4v) is 1.85. The highest BCUT2D eigenvalue weighted by molar-refractivity contribution is 6.29. The zero-order valence-electron chi connectivity index (χ0n) is 8.97. The number of benzene rings is 1. The SMILES string of the molecule is Cc1cc(Cl)n(CC(O)c2ccccc2)n1. The molecular formula is C12H13ClN2O. The molecule has 2 aromatic rings. The van der Waals surface area contributed by atoms with Gasteiger partial charge in [0.05, 0.1) is 18.3 Å². The second-order valence-corrected chi connectivity index (χ2v) is 4.10. The Morgan fingerprint density at radius 2 is 2.06 bits per heavy atom. The van der Waals surface area contributed by atoms with Gasteiger partial charge in [-0.2, -0.15) is 5.10 Å². The van der Waals surface area contributed by atoms with E-state index < -0.39 is 6.10 Å². The minimum atomic E-state index is -0.585. The Hall–Kier alpha value is -1.32. The topological polar surface area (TPSA) is 38.0 Å². The Morgan fingerprint density at radius 3 is 2.62 bits per heavy atom. The summed E-state index contributed by atoms with van der Waals surface area (Å²) in [5, 5.41) is 14.7. The number of rotatable bonds is 3. The largest absolute Gasteiger partial charge is 0.386 e. The van der Waals surface area contributed by atoms with Crippen LogP contribution in [0.15, 0.2) is 36.4 Å². The molecule has 4 heteroatoms. The summed E-state index contributed by atoms with van der Waals surface area (Å²) in [5.41, 5.74) is 1.72. The van der Waals surface area contributed by atoms with Crippen LogP contribution < -0.4 is 0 Å². The van der Waals surface area contributed by atoms with E-state index in [4.69, 9.17) is 11.6 Å². The molecular weight excluding hydrogens is 224 g/mol. The summed E-state index contributed by atoms with van der Waals surface area (Å²) in [6.45, 7) is 2.24. The minimum Gasteiger partial charge on any atom is -0.386 e. The smallest absolute Gasteiger partial charge is 0.127 e. The number of hydrogen-bond acceptors (Lipinski definition) is 2. The molecule has 0 saturated carbocycles. The van der Waals surface area contributed by atoms with Gasteiger partial charge < -0.3 is 5.11 Å². The van der Waals surface area contributed by atoms with E-state index in [-0.39, 0.29) is 0 Å². The molecule has 0 bridgehead atoms. The quantitative estimate of drug-likeness (QED) is 0.890. The molecule has 84 valence electrons. The Bertz CT molecular complexity index is 467. The fraction of sp³-hybridized carbons (Fsp3) is 0.250. The fourth-order valence-electron chi connectivity index (χ4n) is 1.59. The van der Waals surface area contributed by atoms with Gasteiger partial charge in [0, 0.05) is 0 Å². The van der Waals surface area contributed by atoms with Crippen molar-refractivity contribution in [2.75, 3.05) is 0 Å². The number of aromatic nitrogens is 2. The molecule has 1 heterocycles. The van der Waals surface area contributed by atoms with Crippen LogP contribution in [0.1, 0.15) is 17.4 Å². The molecule has 1 aromatic carbocycles. The highest BCUT2D eigenvalue weighted by atomic mass is 35.5. The summed E-state index contributed by atoms with van der Waals surface area (Å²) in [7, 11) is 0. The van der Waals surface area contributed by atoms with E-state index in [1.807, 2.05) is 37.3 Å². The number of nitrogens with zero attached hydrogens (tertiary/aromatic N) is 2. The van der Waals surface area contributed by atoms with Crippen molar-refractivity contribution in [3.63, 3.8) is 0 Å². The van der Waals surface area contributed by atoms with Gasteiger partial charge in [-0.25, -0.2) is 0 Å². The number of hydrogen-bond donors (Lipinski definition) is 1. The van der Waals surface area contributed by atoms with Gasteiger partial charge in [-0.05, 0) is 18.6 Å². The van der Waals surface area contributed by atoms with Crippen molar-refractivity contribution in [3.05, 3.63) is 52.8 Å². The maximum Gasteiger partial charge on any atom is 0.127 e. The highest BCUT2D eigenvalue weighted by Crippen LogP contribution is 2.17. The van der Waals surface area contributed by atoms with Crippen molar-refractivity contribution < 1.29 is 5.11 Å². The van der Waals surface area contributed by atoms with Crippen LogP contribution in [-0.4, -0.2) is 14.9 Å². The summed E-state index contributed by atoms with van der Waals surface area (Å²) < 4.78 is 1.61. The second-order valence-electron chi connectivity index (χ2n) is 3.72. The Balaban J connectivity index is 2.14. The lowest BCUT2D eigenvalue weighted by atomic mass is 10.1. The zero-order valence-corrected chi connectivity index (χ0v) is 9.72. The highest BCUT2D eigenvalue weighted by Gasteiger charge is 2.10. The van der Waals surface area contributed by atoms with Crippen LogP contribution in [-0.2, 0) is 6.54 Å². The number of halogens is 1. The predicted molar refractivity (Wildman–Crippen MR) is 63.4 cm³/mol. The molecule has 1 N–H and O–H groups in total. The van der Waals surface area contributed by atoms with Gasteiger partial charge in [0.2, 0.25) is 0 Å². The van der Waals surface area contributed by atoms with Crippen LogP contribution in [0.3, 0.4) is 0 Å². The number of aliphatic hydroxyl groups is 1. The van der Waals surface area contributed by atoms with E-state index >= 15 is 0 Å². The van der Waals surface area contributed by atoms with Crippen LogP contribution in [0.4, 0.5) is 0 Å². The maximum atomic E-state index is 9.99. The lowest BCUT2D eigenvalue weighted by Crippen LogP contribution is -2.10. The Kier molecular flexibility index (Phi) is 3.27. The molecule has 0 fully saturated rings. The molecule has 1 aromatic heterocycles. The van der Waals surface area contributed by atoms with Crippen molar-refractivity contribution in [1.82, 2.24) is 9.78 Å². The molecule has 1 unspecified atom stereocenters. The van der Waals surface area contributed by atoms with E-state index in [0.717, 1.165) is 11.3 Å². The summed E-state index contributed by atoms with van der Waals surface area (Å²) in [6.07, 6.45) is -0.585. The first kappa shape index (κ1) is 11.2. The van der Waals surface area contributed by atoms with Crippen molar-refractivity contribution in [2.24, 2.45) is 0 Å². The Labute approximate surface area is 99.3 Å². The van der Waals surface area contributed by atoms with Crippen molar-refractivity contribution in [2.45, 2.75) is 19.6 Å². The third-order valence-corrected chi connectivity index (χ3v) is 2.69. The minimum absolute atomic E-state index is 0.372. The van der Waals surface area contributed by atoms with E-state index in [2.05, 4.69) is 5.10 Å².